The highest BCUT2D eigenvalue weighted by Gasteiger charge is 2.30. The fraction of sp³-hybridized carbons (Fsp3) is 0.615. The number of hydrogen-bond donors (Lipinski definition) is 2. The molecule has 3 heterocycles. The lowest BCUT2D eigenvalue weighted by atomic mass is 9.84. The number of aromatic nitrogens is 1. The summed E-state index contributed by atoms with van der Waals surface area (Å²) in [5, 5.41) is 4.14. The van der Waals surface area contributed by atoms with Crippen LogP contribution in [0.5, 0.6) is 5.75 Å². The Bertz CT molecular complexity index is 974. The molecule has 2 aromatic rings. The number of amides is 2. The van der Waals surface area contributed by atoms with Gasteiger partial charge in [-0.3, -0.25) is 9.59 Å². The number of likely N-dealkylation sites (N-methyl/N-ethyl adjacent to an activating group) is 1. The van der Waals surface area contributed by atoms with E-state index in [1.807, 2.05) is 36.1 Å². The van der Waals surface area contributed by atoms with Crippen LogP contribution in [0.3, 0.4) is 0 Å². The van der Waals surface area contributed by atoms with Crippen molar-refractivity contribution in [3.8, 4) is 5.75 Å². The first kappa shape index (κ1) is 24.5. The van der Waals surface area contributed by atoms with Crippen molar-refractivity contribution in [2.75, 3.05) is 66.5 Å². The number of likely N-dealkylation sites (tertiary alicyclic amines) is 1. The zero-order valence-electron chi connectivity index (χ0n) is 20.8. The van der Waals surface area contributed by atoms with Crippen molar-refractivity contribution in [3.05, 3.63) is 30.0 Å². The van der Waals surface area contributed by atoms with Gasteiger partial charge in [-0.15, -0.1) is 0 Å². The third-order valence-corrected chi connectivity index (χ3v) is 7.55. The maximum atomic E-state index is 13.0. The molecule has 2 aliphatic rings. The predicted molar refractivity (Wildman–Crippen MR) is 134 cm³/mol. The maximum Gasteiger partial charge on any atom is 0.270 e. The van der Waals surface area contributed by atoms with E-state index in [-0.39, 0.29) is 17.7 Å². The molecule has 1 aromatic carbocycles. The number of nitrogens with zero attached hydrogens (tertiary/aromatic N) is 3. The van der Waals surface area contributed by atoms with E-state index in [0.29, 0.717) is 24.7 Å². The second-order valence-corrected chi connectivity index (χ2v) is 9.84. The van der Waals surface area contributed by atoms with Gasteiger partial charge in [-0.1, -0.05) is 6.92 Å². The quantitative estimate of drug-likeness (QED) is 0.581. The average Bonchev–Trinajstić information content (AvgIpc) is 3.30. The Kier molecular flexibility index (Phi) is 8.11. The van der Waals surface area contributed by atoms with Gasteiger partial charge in [-0.05, 0) is 57.0 Å². The second-order valence-electron chi connectivity index (χ2n) is 9.84. The van der Waals surface area contributed by atoms with Crippen LogP contribution >= 0.6 is 0 Å². The van der Waals surface area contributed by atoms with Crippen molar-refractivity contribution in [1.29, 1.82) is 0 Å². The monoisotopic (exact) mass is 469 g/mol. The summed E-state index contributed by atoms with van der Waals surface area (Å²) in [6.45, 7) is 9.66. The molecular formula is C26H39N5O3. The van der Waals surface area contributed by atoms with Gasteiger partial charge in [0.2, 0.25) is 5.91 Å². The number of benzene rings is 1. The summed E-state index contributed by atoms with van der Waals surface area (Å²) in [6, 6.07) is 7.67. The van der Waals surface area contributed by atoms with E-state index in [2.05, 4.69) is 27.1 Å². The zero-order valence-corrected chi connectivity index (χ0v) is 20.8. The molecule has 0 aliphatic carbocycles. The number of ether oxygens (including phenoxy) is 1. The Labute approximate surface area is 202 Å². The molecule has 2 N–H and O–H groups in total. The maximum absolute atomic E-state index is 13.0. The van der Waals surface area contributed by atoms with Crippen LogP contribution in [0, 0.1) is 11.8 Å². The van der Waals surface area contributed by atoms with Crippen LogP contribution < -0.4 is 10.1 Å². The minimum atomic E-state index is -0.0265. The highest BCUT2D eigenvalue weighted by molar-refractivity contribution is 5.98. The predicted octanol–water partition coefficient (Wildman–Crippen LogP) is 2.42. The molecule has 2 amide bonds. The molecule has 1 aromatic heterocycles. The molecule has 1 atom stereocenters. The summed E-state index contributed by atoms with van der Waals surface area (Å²) < 4.78 is 5.27. The molecule has 0 bridgehead atoms. The van der Waals surface area contributed by atoms with Gasteiger partial charge in [0, 0.05) is 68.7 Å². The van der Waals surface area contributed by atoms with Crippen LogP contribution in [0.15, 0.2) is 24.3 Å². The van der Waals surface area contributed by atoms with Crippen LogP contribution in [0.1, 0.15) is 36.7 Å². The number of piperidine rings is 1. The van der Waals surface area contributed by atoms with Crippen molar-refractivity contribution in [3.63, 3.8) is 0 Å². The minimum absolute atomic E-state index is 0.0228. The summed E-state index contributed by atoms with van der Waals surface area (Å²) in [6.07, 6.45) is 2.71. The van der Waals surface area contributed by atoms with Gasteiger partial charge in [0.25, 0.3) is 5.91 Å². The summed E-state index contributed by atoms with van der Waals surface area (Å²) in [5.41, 5.74) is 1.50. The normalized spacial score (nSPS) is 19.3. The summed E-state index contributed by atoms with van der Waals surface area (Å²) >= 11 is 0. The summed E-state index contributed by atoms with van der Waals surface area (Å²) in [5.74, 6) is 1.22. The highest BCUT2D eigenvalue weighted by atomic mass is 16.5. The highest BCUT2D eigenvalue weighted by Crippen LogP contribution is 2.27. The fourth-order valence-electron chi connectivity index (χ4n) is 5.08. The number of fused-ring (bicyclic) bond motifs is 1. The number of carbonyl (C=O) groups excluding carboxylic acids is 2. The smallest absolute Gasteiger partial charge is 0.270 e. The number of piperazine rings is 1. The molecule has 4 rings (SSSR count). The van der Waals surface area contributed by atoms with Gasteiger partial charge in [0.1, 0.15) is 11.4 Å². The Morgan fingerprint density at radius 3 is 2.56 bits per heavy atom. The molecule has 0 saturated carbocycles. The Hall–Kier alpha value is -2.58. The molecular weight excluding hydrogens is 430 g/mol. The van der Waals surface area contributed by atoms with Crippen LogP contribution in [0.25, 0.3) is 10.9 Å². The lowest BCUT2D eigenvalue weighted by molar-refractivity contribution is -0.126. The van der Waals surface area contributed by atoms with Gasteiger partial charge in [0.15, 0.2) is 0 Å². The molecule has 2 aliphatic heterocycles. The van der Waals surface area contributed by atoms with E-state index in [1.165, 1.54) is 0 Å². The van der Waals surface area contributed by atoms with Gasteiger partial charge in [-0.25, -0.2) is 0 Å². The number of carbonyl (C=O) groups is 2. The van der Waals surface area contributed by atoms with Gasteiger partial charge in [-0.2, -0.15) is 0 Å². The number of nitrogens with one attached hydrogen (secondary N) is 2. The van der Waals surface area contributed by atoms with Gasteiger partial charge < -0.3 is 29.7 Å². The Morgan fingerprint density at radius 2 is 1.85 bits per heavy atom. The van der Waals surface area contributed by atoms with Crippen molar-refractivity contribution >= 4 is 22.7 Å². The van der Waals surface area contributed by atoms with E-state index in [0.717, 1.165) is 75.2 Å². The number of H-pyrrole nitrogens is 1. The lowest BCUT2D eigenvalue weighted by Crippen LogP contribution is -2.45. The van der Waals surface area contributed by atoms with Crippen LogP contribution in [-0.4, -0.2) is 98.0 Å². The number of aromatic amines is 1. The topological polar surface area (TPSA) is 80.9 Å². The van der Waals surface area contributed by atoms with Crippen LogP contribution in [0.4, 0.5) is 0 Å². The first-order valence-corrected chi connectivity index (χ1v) is 12.6. The molecule has 34 heavy (non-hydrogen) atoms. The molecule has 0 spiro atoms. The van der Waals surface area contributed by atoms with Crippen molar-refractivity contribution in [2.24, 2.45) is 11.8 Å². The number of methoxy groups -OCH3 is 1. The Balaban J connectivity index is 1.19. The third-order valence-electron chi connectivity index (χ3n) is 7.55. The van der Waals surface area contributed by atoms with Crippen LogP contribution in [-0.2, 0) is 4.79 Å². The van der Waals surface area contributed by atoms with Crippen LogP contribution in [0.2, 0.25) is 0 Å². The van der Waals surface area contributed by atoms with Gasteiger partial charge >= 0.3 is 0 Å². The SMILES string of the molecule is COc1ccc2cc(C(=O)N3CCC(C(C)C(=O)NCCCN4CCN(C)CC4)CC3)[nH]c2c1. The summed E-state index contributed by atoms with van der Waals surface area (Å²) in [7, 11) is 3.80. The largest absolute Gasteiger partial charge is 0.497 e. The zero-order chi connectivity index (χ0) is 24.1. The molecule has 2 fully saturated rings. The van der Waals surface area contributed by atoms with E-state index < -0.39 is 0 Å². The van der Waals surface area contributed by atoms with E-state index in [4.69, 9.17) is 4.74 Å². The number of hydrogen-bond acceptors (Lipinski definition) is 5. The second kappa shape index (κ2) is 11.2. The molecule has 1 unspecified atom stereocenters. The first-order chi connectivity index (χ1) is 16.4. The third kappa shape index (κ3) is 5.91. The van der Waals surface area contributed by atoms with Crippen molar-refractivity contribution < 1.29 is 14.3 Å². The van der Waals surface area contributed by atoms with E-state index in [9.17, 15) is 9.59 Å². The van der Waals surface area contributed by atoms with Gasteiger partial charge in [0.05, 0.1) is 7.11 Å². The standard InChI is InChI=1S/C26H39N5O3/c1-19(25(32)27-9-4-10-30-15-13-29(2)14-16-30)20-7-11-31(12-8-20)26(33)24-17-21-5-6-22(34-3)18-23(21)28-24/h5-6,17-20,28H,4,7-16H2,1-3H3,(H,27,32). The molecule has 0 radical (unpaired) electrons. The molecule has 8 nitrogen and oxygen atoms in total. The molecule has 2 saturated heterocycles. The summed E-state index contributed by atoms with van der Waals surface area (Å²) in [4.78, 5) is 35.7. The number of rotatable bonds is 8. The van der Waals surface area contributed by atoms with E-state index >= 15 is 0 Å². The fourth-order valence-corrected chi connectivity index (χ4v) is 5.08. The first-order valence-electron chi connectivity index (χ1n) is 12.6. The molecule has 186 valence electrons. The minimum Gasteiger partial charge on any atom is -0.497 e. The molecule has 8 heteroatoms. The Morgan fingerprint density at radius 1 is 1.12 bits per heavy atom. The van der Waals surface area contributed by atoms with Crippen molar-refractivity contribution in [1.82, 2.24) is 25.0 Å². The average molecular weight is 470 g/mol. The lowest BCUT2D eigenvalue weighted by Gasteiger charge is -2.34. The van der Waals surface area contributed by atoms with E-state index in [1.54, 1.807) is 7.11 Å². The van der Waals surface area contributed by atoms with Crippen molar-refractivity contribution in [2.45, 2.75) is 26.2 Å².